The van der Waals surface area contributed by atoms with Crippen LogP contribution in [0.1, 0.15) is 40.9 Å². The van der Waals surface area contributed by atoms with Crippen molar-refractivity contribution < 1.29 is 13.2 Å². The van der Waals surface area contributed by atoms with Crippen LogP contribution in [0.25, 0.3) is 0 Å². The Morgan fingerprint density at radius 3 is 2.58 bits per heavy atom. The van der Waals surface area contributed by atoms with Crippen molar-refractivity contribution in [1.82, 2.24) is 5.01 Å². The molecular weight excluding hydrogens is 410 g/mol. The van der Waals surface area contributed by atoms with Crippen LogP contribution in [0, 0.1) is 6.92 Å². The SMILES string of the molecule is Cc1ccc(C2Oc3ccccc3C3CC(c4cccc(NS(C)(=O)=O)c4)=NN32)cc1. The highest BCUT2D eigenvalue weighted by molar-refractivity contribution is 7.92. The normalized spacial score (nSPS) is 19.8. The Kier molecular flexibility index (Phi) is 4.70. The first-order chi connectivity index (χ1) is 14.9. The van der Waals surface area contributed by atoms with Gasteiger partial charge in [0.2, 0.25) is 16.3 Å². The van der Waals surface area contributed by atoms with E-state index in [0.29, 0.717) is 12.1 Å². The molecule has 31 heavy (non-hydrogen) atoms. The summed E-state index contributed by atoms with van der Waals surface area (Å²) in [6.07, 6.45) is 1.54. The van der Waals surface area contributed by atoms with Gasteiger partial charge in [-0.3, -0.25) is 4.72 Å². The molecule has 5 rings (SSSR count). The van der Waals surface area contributed by atoms with Crippen molar-refractivity contribution in [3.8, 4) is 5.75 Å². The monoisotopic (exact) mass is 433 g/mol. The number of rotatable bonds is 4. The fraction of sp³-hybridized carbons (Fsp3) is 0.208. The quantitative estimate of drug-likeness (QED) is 0.652. The molecule has 0 radical (unpaired) electrons. The summed E-state index contributed by atoms with van der Waals surface area (Å²) in [5.74, 6) is 0.873. The molecule has 2 heterocycles. The zero-order valence-corrected chi connectivity index (χ0v) is 18.1. The smallest absolute Gasteiger partial charge is 0.229 e. The fourth-order valence-electron chi connectivity index (χ4n) is 4.14. The van der Waals surface area contributed by atoms with Crippen LogP contribution < -0.4 is 9.46 Å². The largest absolute Gasteiger partial charge is 0.464 e. The molecule has 158 valence electrons. The summed E-state index contributed by atoms with van der Waals surface area (Å²) in [6.45, 7) is 2.06. The summed E-state index contributed by atoms with van der Waals surface area (Å²) >= 11 is 0. The third kappa shape index (κ3) is 3.88. The third-order valence-electron chi connectivity index (χ3n) is 5.56. The van der Waals surface area contributed by atoms with E-state index in [2.05, 4.69) is 42.0 Å². The number of hydrazone groups is 1. The summed E-state index contributed by atoms with van der Waals surface area (Å²) in [5.41, 5.74) is 5.66. The number of hydrogen-bond donors (Lipinski definition) is 1. The molecule has 0 saturated carbocycles. The molecule has 0 aromatic heterocycles. The van der Waals surface area contributed by atoms with Gasteiger partial charge in [-0.25, -0.2) is 13.4 Å². The van der Waals surface area contributed by atoms with Crippen LogP contribution in [0.15, 0.2) is 77.9 Å². The van der Waals surface area contributed by atoms with Crippen molar-refractivity contribution >= 4 is 21.4 Å². The molecule has 0 bridgehead atoms. The fourth-order valence-corrected chi connectivity index (χ4v) is 4.69. The Hall–Kier alpha value is -3.32. The highest BCUT2D eigenvalue weighted by Gasteiger charge is 2.40. The minimum atomic E-state index is -3.35. The van der Waals surface area contributed by atoms with Crippen molar-refractivity contribution in [3.05, 3.63) is 95.1 Å². The number of sulfonamides is 1. The van der Waals surface area contributed by atoms with Gasteiger partial charge in [0.15, 0.2) is 0 Å². The van der Waals surface area contributed by atoms with E-state index in [1.54, 1.807) is 6.07 Å². The minimum absolute atomic E-state index is 0.0535. The molecule has 1 N–H and O–H groups in total. The zero-order valence-electron chi connectivity index (χ0n) is 17.3. The second kappa shape index (κ2) is 7.42. The van der Waals surface area contributed by atoms with Gasteiger partial charge in [0.25, 0.3) is 0 Å². The van der Waals surface area contributed by atoms with E-state index in [9.17, 15) is 8.42 Å². The number of benzene rings is 3. The highest BCUT2D eigenvalue weighted by Crippen LogP contribution is 2.47. The lowest BCUT2D eigenvalue weighted by atomic mass is 9.95. The summed E-state index contributed by atoms with van der Waals surface area (Å²) < 4.78 is 32.2. The van der Waals surface area contributed by atoms with Crippen LogP contribution in [0.2, 0.25) is 0 Å². The first-order valence-corrected chi connectivity index (χ1v) is 12.0. The minimum Gasteiger partial charge on any atom is -0.464 e. The van der Waals surface area contributed by atoms with E-state index in [0.717, 1.165) is 34.4 Å². The van der Waals surface area contributed by atoms with Crippen molar-refractivity contribution in [2.45, 2.75) is 25.6 Å². The number of hydrogen-bond acceptors (Lipinski definition) is 5. The maximum Gasteiger partial charge on any atom is 0.229 e. The van der Waals surface area contributed by atoms with Gasteiger partial charge in [0.1, 0.15) is 5.75 Å². The number of anilines is 1. The van der Waals surface area contributed by atoms with Crippen molar-refractivity contribution in [2.24, 2.45) is 5.10 Å². The van der Waals surface area contributed by atoms with E-state index < -0.39 is 10.0 Å². The predicted molar refractivity (Wildman–Crippen MR) is 122 cm³/mol. The third-order valence-corrected chi connectivity index (χ3v) is 6.17. The van der Waals surface area contributed by atoms with Crippen LogP contribution in [0.5, 0.6) is 5.75 Å². The molecule has 2 atom stereocenters. The number of nitrogens with zero attached hydrogens (tertiary/aromatic N) is 2. The molecule has 7 heteroatoms. The average molecular weight is 434 g/mol. The molecule has 2 unspecified atom stereocenters. The first kappa shape index (κ1) is 19.6. The number of nitrogens with one attached hydrogen (secondary N) is 1. The number of ether oxygens (including phenoxy) is 1. The standard InChI is InChI=1S/C24H23N3O3S/c1-16-10-12-17(13-11-16)24-27-22(20-8-3-4-9-23(20)30-24)15-21(25-27)18-6-5-7-19(14-18)26-31(2,28)29/h3-14,22,24,26H,15H2,1-2H3. The van der Waals surface area contributed by atoms with Gasteiger partial charge in [-0.2, -0.15) is 5.10 Å². The van der Waals surface area contributed by atoms with Crippen LogP contribution in [-0.2, 0) is 10.0 Å². The molecular formula is C24H23N3O3S. The topological polar surface area (TPSA) is 71.0 Å². The number of para-hydroxylation sites is 1. The molecule has 3 aromatic rings. The number of fused-ring (bicyclic) bond motifs is 3. The van der Waals surface area contributed by atoms with Crippen molar-refractivity contribution in [3.63, 3.8) is 0 Å². The van der Waals surface area contributed by atoms with E-state index in [1.807, 2.05) is 41.4 Å². The lowest BCUT2D eigenvalue weighted by Gasteiger charge is -2.38. The van der Waals surface area contributed by atoms with Crippen LogP contribution in [0.3, 0.4) is 0 Å². The first-order valence-electron chi connectivity index (χ1n) is 10.1. The van der Waals surface area contributed by atoms with Crippen LogP contribution in [0.4, 0.5) is 5.69 Å². The second-order valence-electron chi connectivity index (χ2n) is 8.02. The molecule has 0 aliphatic carbocycles. The Morgan fingerprint density at radius 2 is 1.81 bits per heavy atom. The Bertz CT molecular complexity index is 1270. The lowest BCUT2D eigenvalue weighted by molar-refractivity contribution is -0.0190. The van der Waals surface area contributed by atoms with Gasteiger partial charge >= 0.3 is 0 Å². The van der Waals surface area contributed by atoms with Crippen molar-refractivity contribution in [1.29, 1.82) is 0 Å². The maximum absolute atomic E-state index is 11.6. The van der Waals surface area contributed by atoms with Gasteiger partial charge in [-0.1, -0.05) is 60.2 Å². The summed E-state index contributed by atoms with van der Waals surface area (Å²) in [5, 5.41) is 6.97. The summed E-state index contributed by atoms with van der Waals surface area (Å²) in [6, 6.07) is 23.8. The molecule has 0 spiro atoms. The van der Waals surface area contributed by atoms with Crippen LogP contribution in [-0.4, -0.2) is 25.4 Å². The van der Waals surface area contributed by atoms with Gasteiger partial charge in [-0.05, 0) is 30.7 Å². The Morgan fingerprint density at radius 1 is 1.03 bits per heavy atom. The van der Waals surface area contributed by atoms with E-state index in [1.165, 1.54) is 5.56 Å². The molecule has 2 aliphatic rings. The van der Waals surface area contributed by atoms with Gasteiger partial charge in [0.05, 0.1) is 18.0 Å². The molecule has 3 aromatic carbocycles. The lowest BCUT2D eigenvalue weighted by Crippen LogP contribution is -2.33. The molecule has 0 saturated heterocycles. The number of aryl methyl sites for hydroxylation is 1. The average Bonchev–Trinajstić information content (AvgIpc) is 3.19. The predicted octanol–water partition coefficient (Wildman–Crippen LogP) is 4.61. The van der Waals surface area contributed by atoms with Crippen molar-refractivity contribution in [2.75, 3.05) is 11.0 Å². The molecule has 2 aliphatic heterocycles. The summed E-state index contributed by atoms with van der Waals surface area (Å²) in [4.78, 5) is 0. The maximum atomic E-state index is 11.6. The molecule has 6 nitrogen and oxygen atoms in total. The Balaban J connectivity index is 1.54. The van der Waals surface area contributed by atoms with E-state index in [-0.39, 0.29) is 12.3 Å². The molecule has 0 amide bonds. The second-order valence-corrected chi connectivity index (χ2v) is 9.77. The van der Waals surface area contributed by atoms with Gasteiger partial charge < -0.3 is 4.74 Å². The summed E-state index contributed by atoms with van der Waals surface area (Å²) in [7, 11) is -3.35. The van der Waals surface area contributed by atoms with Gasteiger partial charge in [-0.15, -0.1) is 0 Å². The van der Waals surface area contributed by atoms with E-state index in [4.69, 9.17) is 9.84 Å². The van der Waals surface area contributed by atoms with Gasteiger partial charge in [0, 0.05) is 23.2 Å². The molecule has 0 fully saturated rings. The van der Waals surface area contributed by atoms with Crippen LogP contribution >= 0.6 is 0 Å². The van der Waals surface area contributed by atoms with E-state index >= 15 is 0 Å². The zero-order chi connectivity index (χ0) is 21.6. The Labute approximate surface area is 182 Å². The highest BCUT2D eigenvalue weighted by atomic mass is 32.2.